The van der Waals surface area contributed by atoms with Crippen molar-refractivity contribution in [1.82, 2.24) is 15.0 Å². The Bertz CT molecular complexity index is 510. The lowest BCUT2D eigenvalue weighted by atomic mass is 10.3. The largest absolute Gasteiger partial charge is 0.384 e. The van der Waals surface area contributed by atoms with Gasteiger partial charge in [-0.25, -0.2) is 15.0 Å². The van der Waals surface area contributed by atoms with E-state index in [-0.39, 0.29) is 0 Å². The quantitative estimate of drug-likeness (QED) is 0.862. The molecule has 0 radical (unpaired) electrons. The molecule has 2 aromatic rings. The van der Waals surface area contributed by atoms with Gasteiger partial charge in [0.25, 0.3) is 0 Å². The fourth-order valence-corrected chi connectivity index (χ4v) is 3.16. The molecule has 0 saturated heterocycles. The highest BCUT2D eigenvalue weighted by atomic mass is 32.2. The molecule has 0 saturated carbocycles. The summed E-state index contributed by atoms with van der Waals surface area (Å²) in [6, 6.07) is 1.79. The number of nitrogens with zero attached hydrogens (tertiary/aromatic N) is 3. The Hall–Kier alpha value is -1.14. The van der Waals surface area contributed by atoms with Crippen molar-refractivity contribution in [2.75, 3.05) is 5.73 Å². The number of rotatable bonds is 4. The van der Waals surface area contributed by atoms with Crippen molar-refractivity contribution in [3.63, 3.8) is 0 Å². The maximum absolute atomic E-state index is 5.77. The van der Waals surface area contributed by atoms with E-state index in [0.29, 0.717) is 5.82 Å². The molecule has 0 fully saturated rings. The lowest BCUT2D eigenvalue weighted by molar-refractivity contribution is 0.813. The van der Waals surface area contributed by atoms with E-state index in [4.69, 9.17) is 5.73 Å². The topological polar surface area (TPSA) is 64.7 Å². The molecular weight excluding hydrogens is 252 g/mol. The molecule has 0 amide bonds. The lowest BCUT2D eigenvalue weighted by Crippen LogP contribution is -2.00. The van der Waals surface area contributed by atoms with E-state index in [0.717, 1.165) is 33.7 Å². The van der Waals surface area contributed by atoms with Gasteiger partial charge in [0.2, 0.25) is 0 Å². The molecule has 0 aromatic carbocycles. The molecule has 2 heterocycles. The van der Waals surface area contributed by atoms with Gasteiger partial charge in [0.15, 0.2) is 4.34 Å². The first-order chi connectivity index (χ1) is 8.17. The molecule has 0 unspecified atom stereocenters. The molecular formula is C11H14N4S2. The van der Waals surface area contributed by atoms with Crippen LogP contribution in [0.15, 0.2) is 20.8 Å². The Kier molecular flexibility index (Phi) is 3.96. The summed E-state index contributed by atoms with van der Waals surface area (Å²) in [7, 11) is 0. The Morgan fingerprint density at radius 3 is 2.82 bits per heavy atom. The van der Waals surface area contributed by atoms with Crippen LogP contribution in [0.25, 0.3) is 0 Å². The third kappa shape index (κ3) is 3.41. The van der Waals surface area contributed by atoms with E-state index < -0.39 is 0 Å². The molecule has 0 atom stereocenters. The highest BCUT2D eigenvalue weighted by molar-refractivity contribution is 8.01. The molecule has 17 heavy (non-hydrogen) atoms. The molecule has 2 rings (SSSR count). The van der Waals surface area contributed by atoms with Gasteiger partial charge >= 0.3 is 0 Å². The minimum Gasteiger partial charge on any atom is -0.384 e. The van der Waals surface area contributed by atoms with Crippen LogP contribution >= 0.6 is 23.1 Å². The Morgan fingerprint density at radius 2 is 2.18 bits per heavy atom. The van der Waals surface area contributed by atoms with Gasteiger partial charge in [-0.2, -0.15) is 0 Å². The zero-order valence-corrected chi connectivity index (χ0v) is 11.4. The smallest absolute Gasteiger partial charge is 0.156 e. The van der Waals surface area contributed by atoms with Gasteiger partial charge in [-0.1, -0.05) is 6.92 Å². The molecule has 0 bridgehead atoms. The van der Waals surface area contributed by atoms with Gasteiger partial charge < -0.3 is 5.73 Å². The maximum atomic E-state index is 5.77. The normalized spacial score (nSPS) is 10.7. The lowest BCUT2D eigenvalue weighted by Gasteiger charge is -2.02. The Morgan fingerprint density at radius 1 is 1.35 bits per heavy atom. The highest BCUT2D eigenvalue weighted by Gasteiger charge is 2.06. The maximum Gasteiger partial charge on any atom is 0.156 e. The predicted molar refractivity (Wildman–Crippen MR) is 71.4 cm³/mol. The zero-order chi connectivity index (χ0) is 12.3. The number of hydrogen-bond donors (Lipinski definition) is 1. The van der Waals surface area contributed by atoms with Gasteiger partial charge in [-0.15, -0.1) is 11.3 Å². The molecule has 0 aliphatic heterocycles. The summed E-state index contributed by atoms with van der Waals surface area (Å²) in [5.74, 6) is 1.34. The molecule has 4 nitrogen and oxygen atoms in total. The van der Waals surface area contributed by atoms with Gasteiger partial charge in [-0.05, 0) is 25.1 Å². The average molecular weight is 266 g/mol. The Balaban J connectivity index is 2.20. The van der Waals surface area contributed by atoms with E-state index in [1.807, 2.05) is 12.3 Å². The average Bonchev–Trinajstić information content (AvgIpc) is 2.63. The van der Waals surface area contributed by atoms with Gasteiger partial charge in [0, 0.05) is 23.6 Å². The van der Waals surface area contributed by atoms with Crippen LogP contribution in [-0.4, -0.2) is 15.0 Å². The van der Waals surface area contributed by atoms with E-state index in [9.17, 15) is 0 Å². The van der Waals surface area contributed by atoms with Crippen molar-refractivity contribution in [3.05, 3.63) is 23.0 Å². The van der Waals surface area contributed by atoms with Crippen molar-refractivity contribution in [2.45, 2.75) is 36.1 Å². The number of anilines is 1. The van der Waals surface area contributed by atoms with E-state index >= 15 is 0 Å². The summed E-state index contributed by atoms with van der Waals surface area (Å²) >= 11 is 3.16. The summed E-state index contributed by atoms with van der Waals surface area (Å²) in [5, 5.41) is 2.90. The van der Waals surface area contributed by atoms with Crippen molar-refractivity contribution < 1.29 is 0 Å². The Labute approximate surface area is 109 Å². The zero-order valence-electron chi connectivity index (χ0n) is 9.80. The molecule has 90 valence electrons. The summed E-state index contributed by atoms with van der Waals surface area (Å²) in [5.41, 5.74) is 6.80. The van der Waals surface area contributed by atoms with E-state index in [1.165, 1.54) is 11.8 Å². The van der Waals surface area contributed by atoms with E-state index in [2.05, 4.69) is 21.9 Å². The molecule has 2 aromatic heterocycles. The predicted octanol–water partition coefficient (Wildman–Crippen LogP) is 2.93. The van der Waals surface area contributed by atoms with Gasteiger partial charge in [0.05, 0.1) is 0 Å². The van der Waals surface area contributed by atoms with Crippen LogP contribution in [-0.2, 0) is 6.42 Å². The number of nitrogens with two attached hydrogens (primary N) is 1. The molecule has 0 spiro atoms. The second kappa shape index (κ2) is 5.46. The van der Waals surface area contributed by atoms with Crippen LogP contribution in [0.5, 0.6) is 0 Å². The fourth-order valence-electron chi connectivity index (χ4n) is 1.35. The SMILES string of the molecule is CCCc1nc(N)cc(Sc2nc(C)cs2)n1. The summed E-state index contributed by atoms with van der Waals surface area (Å²) < 4.78 is 0.989. The molecule has 0 aliphatic carbocycles. The summed E-state index contributed by atoms with van der Waals surface area (Å²) in [6.45, 7) is 4.08. The fraction of sp³-hybridized carbons (Fsp3) is 0.364. The third-order valence-electron chi connectivity index (χ3n) is 2.03. The van der Waals surface area contributed by atoms with Gasteiger partial charge in [-0.3, -0.25) is 0 Å². The number of hydrogen-bond acceptors (Lipinski definition) is 6. The summed E-state index contributed by atoms with van der Waals surface area (Å²) in [4.78, 5) is 13.1. The first-order valence-corrected chi connectivity index (χ1v) is 7.10. The molecule has 0 aliphatic rings. The number of aryl methyl sites for hydroxylation is 2. The monoisotopic (exact) mass is 266 g/mol. The van der Waals surface area contributed by atoms with Crippen molar-refractivity contribution in [2.24, 2.45) is 0 Å². The molecule has 2 N–H and O–H groups in total. The molecule has 6 heteroatoms. The standard InChI is InChI=1S/C11H14N4S2/c1-3-4-9-14-8(12)5-10(15-9)17-11-13-7(2)6-16-11/h5-6H,3-4H2,1-2H3,(H2,12,14,15). The van der Waals surface area contributed by atoms with Crippen molar-refractivity contribution in [1.29, 1.82) is 0 Å². The first kappa shape index (κ1) is 12.3. The minimum atomic E-state index is 0.527. The van der Waals surface area contributed by atoms with Crippen LogP contribution in [0.4, 0.5) is 5.82 Å². The van der Waals surface area contributed by atoms with Crippen LogP contribution in [0.1, 0.15) is 24.9 Å². The van der Waals surface area contributed by atoms with Crippen molar-refractivity contribution in [3.8, 4) is 0 Å². The van der Waals surface area contributed by atoms with Crippen molar-refractivity contribution >= 4 is 28.9 Å². The first-order valence-electron chi connectivity index (χ1n) is 5.41. The highest BCUT2D eigenvalue weighted by Crippen LogP contribution is 2.29. The second-order valence-electron chi connectivity index (χ2n) is 3.65. The summed E-state index contributed by atoms with van der Waals surface area (Å²) in [6.07, 6.45) is 1.87. The second-order valence-corrected chi connectivity index (χ2v) is 5.78. The van der Waals surface area contributed by atoms with Gasteiger partial charge in [0.1, 0.15) is 16.7 Å². The van der Waals surface area contributed by atoms with Crippen LogP contribution in [0, 0.1) is 6.92 Å². The third-order valence-corrected chi connectivity index (χ3v) is 4.01. The number of nitrogen functional groups attached to an aromatic ring is 1. The number of thiazole rings is 1. The van der Waals surface area contributed by atoms with Crippen LogP contribution in [0.2, 0.25) is 0 Å². The van der Waals surface area contributed by atoms with Crippen LogP contribution in [0.3, 0.4) is 0 Å². The van der Waals surface area contributed by atoms with Crippen LogP contribution < -0.4 is 5.73 Å². The van der Waals surface area contributed by atoms with E-state index in [1.54, 1.807) is 17.4 Å². The minimum absolute atomic E-state index is 0.527. The number of aromatic nitrogens is 3.